The first kappa shape index (κ1) is 28.8. The minimum Gasteiger partial charge on any atom is -0.477 e. The predicted molar refractivity (Wildman–Crippen MR) is 154 cm³/mol. The minimum absolute atomic E-state index is 0.0319. The first-order valence-corrected chi connectivity index (χ1v) is 15.6. The van der Waals surface area contributed by atoms with Gasteiger partial charge in [-0.2, -0.15) is 5.10 Å². The van der Waals surface area contributed by atoms with E-state index in [1.165, 1.54) is 0 Å². The van der Waals surface area contributed by atoms with Crippen LogP contribution in [-0.4, -0.2) is 45.5 Å². The smallest absolute Gasteiger partial charge is 0.342 e. The Labute approximate surface area is 256 Å². The Bertz CT molecular complexity index is 1280. The Morgan fingerprint density at radius 1 is 1.38 bits per heavy atom. The van der Waals surface area contributed by atoms with E-state index in [1.54, 1.807) is 33.6 Å². The second-order valence-corrected chi connectivity index (χ2v) is 14.9. The third-order valence-electron chi connectivity index (χ3n) is 7.12. The summed E-state index contributed by atoms with van der Waals surface area (Å²) < 4.78 is 4.42. The highest BCUT2D eigenvalue weighted by molar-refractivity contribution is 14.1. The lowest BCUT2D eigenvalue weighted by atomic mass is 9.85. The van der Waals surface area contributed by atoms with Gasteiger partial charge >= 0.3 is 28.6 Å². The zero-order chi connectivity index (χ0) is 27.1. The molecule has 4 atom stereocenters. The molecule has 0 radical (unpaired) electrons. The number of carbonyl (C=O) groups is 2. The van der Waals surface area contributed by atoms with Crippen molar-refractivity contribution >= 4 is 68.8 Å². The summed E-state index contributed by atoms with van der Waals surface area (Å²) in [5.74, 6) is 0.220. The van der Waals surface area contributed by atoms with E-state index in [0.29, 0.717) is 20.0 Å². The van der Waals surface area contributed by atoms with Crippen LogP contribution in [0, 0.1) is 5.92 Å². The van der Waals surface area contributed by atoms with Crippen molar-refractivity contribution in [2.75, 3.05) is 5.32 Å². The van der Waals surface area contributed by atoms with Crippen molar-refractivity contribution in [2.24, 2.45) is 13.0 Å². The topological polar surface area (TPSA) is 127 Å². The summed E-state index contributed by atoms with van der Waals surface area (Å²) in [6, 6.07) is 2.00. The maximum absolute atomic E-state index is 12.5. The van der Waals surface area contributed by atoms with E-state index in [2.05, 4.69) is 85.0 Å². The second kappa shape index (κ2) is 11.5. The monoisotopic (exact) mass is 846 g/mol. The zero-order valence-corrected chi connectivity index (χ0v) is 27.7. The number of hydrogen-bond donors (Lipinski definition) is 3. The van der Waals surface area contributed by atoms with Gasteiger partial charge in [0.2, 0.25) is 11.9 Å². The molecule has 1 amide bonds. The standard InChI is InChI=1S/C24H30I3N7O3/c1-5-24(3,27)17-10-18(33(4)32-17)29-23-31-28-11-34(23)13-7-6-12(2)14(8-13)19(22(36)37)20(26)30-21(35)15-9-16(15)25/h10-11,13,15-16,26H,5-9H2,1-4H3,(H2-,29,30,31,32,35,36,37)/p+1/b20-19-/t13-,15?,16+,24?/m0/s1. The molecular weight excluding hydrogens is 815 g/mol. The molecule has 2 aromatic heterocycles. The molecule has 3 N–H and O–H groups in total. The lowest BCUT2D eigenvalue weighted by molar-refractivity contribution is -0.311. The summed E-state index contributed by atoms with van der Waals surface area (Å²) in [4.78, 5) is 24.9. The molecule has 2 aromatic rings. The van der Waals surface area contributed by atoms with Crippen LogP contribution >= 0.6 is 45.2 Å². The summed E-state index contributed by atoms with van der Waals surface area (Å²) in [7, 11) is 1.89. The van der Waals surface area contributed by atoms with E-state index in [-0.39, 0.29) is 26.9 Å². The van der Waals surface area contributed by atoms with Gasteiger partial charge in [-0.15, -0.1) is 10.2 Å². The van der Waals surface area contributed by atoms with Crippen LogP contribution in [0.25, 0.3) is 0 Å². The van der Waals surface area contributed by atoms with Gasteiger partial charge in [-0.25, -0.2) is 4.79 Å². The molecule has 37 heavy (non-hydrogen) atoms. The number of allylic oxidation sites excluding steroid dienone is 1. The molecule has 10 nitrogen and oxygen atoms in total. The number of alkyl halides is 2. The van der Waals surface area contributed by atoms with Gasteiger partial charge in [-0.05, 0) is 51.5 Å². The number of carboxylic acids is 1. The second-order valence-electron chi connectivity index (χ2n) is 9.79. The van der Waals surface area contributed by atoms with Crippen molar-refractivity contribution < 1.29 is 37.3 Å². The summed E-state index contributed by atoms with van der Waals surface area (Å²) >= 11 is 6.27. The van der Waals surface area contributed by atoms with Gasteiger partial charge < -0.3 is 10.4 Å². The number of nitrogens with zero attached hydrogens (tertiary/aromatic N) is 5. The fourth-order valence-electron chi connectivity index (χ4n) is 4.40. The number of rotatable bonds is 9. The van der Waals surface area contributed by atoms with Gasteiger partial charge in [0.1, 0.15) is 17.7 Å². The van der Waals surface area contributed by atoms with Gasteiger partial charge in [-0.1, -0.05) is 57.7 Å². The molecule has 4 rings (SSSR count). The molecular formula is C24H31I3N7O3+. The van der Waals surface area contributed by atoms with Crippen LogP contribution in [0.1, 0.15) is 64.6 Å². The maximum Gasteiger partial charge on any atom is 0.342 e. The van der Waals surface area contributed by atoms with Crippen LogP contribution in [0.5, 0.6) is 0 Å². The van der Waals surface area contributed by atoms with Crippen LogP contribution in [-0.2, 0) is 20.1 Å². The van der Waals surface area contributed by atoms with E-state index < -0.39 is 5.97 Å². The average molecular weight is 846 g/mol. The number of amides is 1. The Kier molecular flexibility index (Phi) is 8.92. The molecule has 0 bridgehead atoms. The molecule has 200 valence electrons. The molecule has 2 aliphatic carbocycles. The number of anilines is 2. The minimum atomic E-state index is -1.03. The van der Waals surface area contributed by atoms with Crippen LogP contribution in [0.4, 0.5) is 11.8 Å². The highest BCUT2D eigenvalue weighted by atomic mass is 127. The van der Waals surface area contributed by atoms with Crippen molar-refractivity contribution in [2.45, 2.75) is 66.3 Å². The van der Waals surface area contributed by atoms with Crippen molar-refractivity contribution in [1.29, 1.82) is 0 Å². The van der Waals surface area contributed by atoms with Crippen LogP contribution in [0.2, 0.25) is 0 Å². The fraction of sp³-hybridized carbons (Fsp3) is 0.542. The maximum atomic E-state index is 12.5. The van der Waals surface area contributed by atoms with Crippen LogP contribution in [0.3, 0.4) is 0 Å². The largest absolute Gasteiger partial charge is 0.477 e. The summed E-state index contributed by atoms with van der Waals surface area (Å²) in [6.45, 7) is 6.27. The summed E-state index contributed by atoms with van der Waals surface area (Å²) in [6.07, 6.45) is 5.56. The van der Waals surface area contributed by atoms with Gasteiger partial charge in [0.25, 0.3) is 3.70 Å². The number of carbonyl (C=O) groups excluding carboxylic acids is 1. The Morgan fingerprint density at radius 2 is 2.08 bits per heavy atom. The predicted octanol–water partition coefficient (Wildman–Crippen LogP) is 1.38. The van der Waals surface area contributed by atoms with E-state index in [9.17, 15) is 14.7 Å². The highest BCUT2D eigenvalue weighted by Crippen LogP contribution is 2.40. The highest BCUT2D eigenvalue weighted by Gasteiger charge is 2.42. The van der Waals surface area contributed by atoms with E-state index in [1.807, 2.05) is 24.6 Å². The quantitative estimate of drug-likeness (QED) is 0.151. The normalized spacial score (nSPS) is 23.8. The number of aliphatic carboxylic acids is 1. The fourth-order valence-corrected chi connectivity index (χ4v) is 6.42. The van der Waals surface area contributed by atoms with Crippen molar-refractivity contribution in [3.05, 3.63) is 38.5 Å². The molecule has 2 unspecified atom stereocenters. The van der Waals surface area contributed by atoms with Gasteiger partial charge in [0.15, 0.2) is 0 Å². The third-order valence-corrected chi connectivity index (χ3v) is 10.7. The lowest BCUT2D eigenvalue weighted by Gasteiger charge is -2.28. The van der Waals surface area contributed by atoms with Crippen molar-refractivity contribution in [3.8, 4) is 0 Å². The molecule has 0 spiro atoms. The van der Waals surface area contributed by atoms with Crippen LogP contribution < -0.4 is 33.2 Å². The third kappa shape index (κ3) is 6.33. The molecule has 0 aliphatic heterocycles. The molecule has 2 aliphatic rings. The SMILES string of the molecule is CCC(C)(I)c1cc(Nc2nncn2[C@H]2CCC(C)=C(/C(C(=O)O)=C(\[IH+])NC(=O)C3C[C@H]3I)C2)n(C)n1. The van der Waals surface area contributed by atoms with Gasteiger partial charge in [0.05, 0.1) is 15.0 Å². The summed E-state index contributed by atoms with van der Waals surface area (Å²) in [5, 5.41) is 29.5. The zero-order valence-electron chi connectivity index (χ0n) is 21.1. The van der Waals surface area contributed by atoms with Crippen molar-refractivity contribution in [3.63, 3.8) is 0 Å². The van der Waals surface area contributed by atoms with E-state index in [4.69, 9.17) is 0 Å². The van der Waals surface area contributed by atoms with E-state index in [0.717, 1.165) is 48.3 Å². The molecule has 1 fully saturated rings. The lowest BCUT2D eigenvalue weighted by Crippen LogP contribution is -3.34. The van der Waals surface area contributed by atoms with Gasteiger partial charge in [-0.3, -0.25) is 19.4 Å². The van der Waals surface area contributed by atoms with Crippen LogP contribution in [0.15, 0.2) is 32.8 Å². The molecule has 1 saturated carbocycles. The molecule has 2 heterocycles. The number of halogens is 3. The Hall–Kier alpha value is -1.24. The average Bonchev–Trinajstić information content (AvgIpc) is 3.21. The number of aryl methyl sites for hydroxylation is 1. The Morgan fingerprint density at radius 3 is 2.70 bits per heavy atom. The van der Waals surface area contributed by atoms with E-state index >= 15 is 0 Å². The van der Waals surface area contributed by atoms with Gasteiger partial charge in [0, 0.05) is 23.1 Å². The number of hydrogen-bond acceptors (Lipinski definition) is 6. The molecule has 0 aromatic carbocycles. The Balaban J connectivity index is 1.57. The number of carboxylic acid groups (broad SMARTS) is 1. The molecule has 0 saturated heterocycles. The number of nitrogens with one attached hydrogen (secondary N) is 2. The molecule has 13 heteroatoms. The summed E-state index contributed by atoms with van der Waals surface area (Å²) in [5.41, 5.74) is 2.96. The van der Waals surface area contributed by atoms with Crippen molar-refractivity contribution in [1.82, 2.24) is 29.9 Å². The first-order chi connectivity index (χ1) is 17.4. The first-order valence-electron chi connectivity index (χ1n) is 12.1. The number of aromatic nitrogens is 5.